The fourth-order valence-corrected chi connectivity index (χ4v) is 3.43. The maximum atomic E-state index is 13.6. The maximum Gasteiger partial charge on any atom is 0.429 e. The highest BCUT2D eigenvalue weighted by molar-refractivity contribution is 7.92. The summed E-state index contributed by atoms with van der Waals surface area (Å²) in [7, 11) is -5.07. The third-order valence-corrected chi connectivity index (χ3v) is 4.87. The van der Waals surface area contributed by atoms with Crippen molar-refractivity contribution in [1.29, 1.82) is 0 Å². The fourth-order valence-electron chi connectivity index (χ4n) is 2.50. The molecule has 7 nitrogen and oxygen atoms in total. The summed E-state index contributed by atoms with van der Waals surface area (Å²) in [5.74, 6) is -4.14. The second kappa shape index (κ2) is 8.17. The van der Waals surface area contributed by atoms with E-state index in [1.54, 1.807) is 0 Å². The molecule has 1 atom stereocenters. The molecule has 1 unspecified atom stereocenters. The molecule has 0 aliphatic heterocycles. The lowest BCUT2D eigenvalue weighted by atomic mass is 10.1. The van der Waals surface area contributed by atoms with Crippen molar-refractivity contribution in [3.63, 3.8) is 0 Å². The zero-order valence-electron chi connectivity index (χ0n) is 15.1. The van der Waals surface area contributed by atoms with E-state index in [9.17, 15) is 34.8 Å². The molecule has 0 saturated carbocycles. The van der Waals surface area contributed by atoms with Crippen LogP contribution in [0.4, 0.5) is 32.2 Å². The van der Waals surface area contributed by atoms with Gasteiger partial charge in [0.1, 0.15) is 0 Å². The highest BCUT2D eigenvalue weighted by Gasteiger charge is 2.44. The van der Waals surface area contributed by atoms with Crippen LogP contribution in [0.3, 0.4) is 0 Å². The summed E-state index contributed by atoms with van der Waals surface area (Å²) in [5.41, 5.74) is -0.387. The highest BCUT2D eigenvalue weighted by atomic mass is 32.2. The predicted octanol–water partition coefficient (Wildman–Crippen LogP) is 4.01. The fraction of sp³-hybridized carbons (Fsp3) is 0.235. The molecule has 0 fully saturated rings. The van der Waals surface area contributed by atoms with Crippen LogP contribution in [0.15, 0.2) is 48.8 Å². The summed E-state index contributed by atoms with van der Waals surface area (Å²) in [6.45, 7) is 0. The molecule has 0 amide bonds. The molecule has 0 spiro atoms. The van der Waals surface area contributed by atoms with Gasteiger partial charge in [-0.2, -0.15) is 26.3 Å². The van der Waals surface area contributed by atoms with Gasteiger partial charge in [-0.15, -0.1) is 0 Å². The van der Waals surface area contributed by atoms with Gasteiger partial charge in [0.15, 0.2) is 5.75 Å². The van der Waals surface area contributed by atoms with Crippen LogP contribution >= 0.6 is 0 Å². The number of fused-ring (bicyclic) bond motifs is 1. The summed E-state index contributed by atoms with van der Waals surface area (Å²) >= 11 is 0. The van der Waals surface area contributed by atoms with Crippen molar-refractivity contribution in [3.8, 4) is 5.88 Å². The molecular weight excluding hydrogens is 454 g/mol. The zero-order chi connectivity index (χ0) is 22.9. The van der Waals surface area contributed by atoms with Gasteiger partial charge in [-0.05, 0) is 18.2 Å². The van der Waals surface area contributed by atoms with E-state index in [4.69, 9.17) is 4.74 Å². The minimum atomic E-state index is -5.10. The number of hydrogen-bond acceptors (Lipinski definition) is 6. The van der Waals surface area contributed by atoms with E-state index < -0.39 is 51.5 Å². The number of pyridine rings is 1. The Morgan fingerprint density at radius 1 is 0.968 bits per heavy atom. The lowest BCUT2D eigenvalue weighted by Crippen LogP contribution is -2.30. The van der Waals surface area contributed by atoms with E-state index in [0.717, 1.165) is 12.3 Å². The quantitative estimate of drug-likeness (QED) is 0.552. The summed E-state index contributed by atoms with van der Waals surface area (Å²) in [6, 6.07) is 7.94. The van der Waals surface area contributed by atoms with Gasteiger partial charge in [-0.3, -0.25) is 9.71 Å². The second-order valence-corrected chi connectivity index (χ2v) is 7.89. The van der Waals surface area contributed by atoms with Crippen LogP contribution in [0.2, 0.25) is 0 Å². The van der Waals surface area contributed by atoms with Gasteiger partial charge in [-0.1, -0.05) is 18.2 Å². The van der Waals surface area contributed by atoms with E-state index in [2.05, 4.69) is 15.0 Å². The molecular formula is C17H12F6N4O3S. The van der Waals surface area contributed by atoms with E-state index in [1.165, 1.54) is 41.3 Å². The number of nitrogens with zero attached hydrogens (tertiary/aromatic N) is 3. The molecule has 0 aliphatic carbocycles. The predicted molar refractivity (Wildman–Crippen MR) is 96.7 cm³/mol. The van der Waals surface area contributed by atoms with Crippen molar-refractivity contribution >= 4 is 26.9 Å². The Balaban J connectivity index is 2.08. The lowest BCUT2D eigenvalue weighted by Gasteiger charge is -2.22. The lowest BCUT2D eigenvalue weighted by molar-refractivity contribution is -0.198. The van der Waals surface area contributed by atoms with Crippen molar-refractivity contribution in [2.75, 3.05) is 10.5 Å². The molecule has 2 heterocycles. The minimum Gasteiger partial charge on any atom is -0.457 e. The molecule has 166 valence electrons. The molecule has 0 radical (unpaired) electrons. The van der Waals surface area contributed by atoms with Crippen molar-refractivity contribution < 1.29 is 39.5 Å². The second-order valence-electron chi connectivity index (χ2n) is 6.17. The van der Waals surface area contributed by atoms with Gasteiger partial charge in [0.05, 0.1) is 11.0 Å². The monoisotopic (exact) mass is 466 g/mol. The third kappa shape index (κ3) is 5.93. The largest absolute Gasteiger partial charge is 0.457 e. The van der Waals surface area contributed by atoms with E-state index in [0.29, 0.717) is 0 Å². The number of ether oxygens (including phenoxy) is 1. The molecule has 3 aromatic rings. The maximum absolute atomic E-state index is 13.6. The summed E-state index contributed by atoms with van der Waals surface area (Å²) in [5, 5.41) is 0. The Labute approximate surface area is 171 Å². The van der Waals surface area contributed by atoms with Crippen LogP contribution in [-0.2, 0) is 10.0 Å². The first-order valence-electron chi connectivity index (χ1n) is 8.31. The Bertz CT molecular complexity index is 1170. The smallest absolute Gasteiger partial charge is 0.429 e. The Morgan fingerprint density at radius 2 is 1.61 bits per heavy atom. The first-order valence-corrected chi connectivity index (χ1v) is 9.97. The summed E-state index contributed by atoms with van der Waals surface area (Å²) in [6.07, 6.45) is -10.6. The normalized spacial score (nSPS) is 13.7. The first kappa shape index (κ1) is 22.5. The van der Waals surface area contributed by atoms with E-state index in [1.807, 2.05) is 0 Å². The number of alkyl halides is 6. The van der Waals surface area contributed by atoms with Gasteiger partial charge in [0, 0.05) is 18.0 Å². The number of nitrogens with one attached hydrogen (secondary N) is 1. The molecule has 1 aromatic carbocycles. The number of anilines is 1. The summed E-state index contributed by atoms with van der Waals surface area (Å²) < 4.78 is 109. The molecule has 14 heteroatoms. The van der Waals surface area contributed by atoms with Crippen molar-refractivity contribution in [3.05, 3.63) is 54.4 Å². The van der Waals surface area contributed by atoms with E-state index >= 15 is 0 Å². The van der Waals surface area contributed by atoms with Gasteiger partial charge >= 0.3 is 12.4 Å². The Kier molecular flexibility index (Phi) is 5.93. The number of para-hydroxylation sites is 2. The van der Waals surface area contributed by atoms with E-state index in [-0.39, 0.29) is 11.0 Å². The number of aromatic nitrogens is 3. The zero-order valence-corrected chi connectivity index (χ0v) is 16.0. The number of rotatable bonds is 6. The van der Waals surface area contributed by atoms with Crippen LogP contribution in [0.25, 0.3) is 11.0 Å². The number of benzene rings is 1. The van der Waals surface area contributed by atoms with Crippen LogP contribution < -0.4 is 9.46 Å². The molecule has 31 heavy (non-hydrogen) atoms. The minimum absolute atomic E-state index is 0.0181. The van der Waals surface area contributed by atoms with Gasteiger partial charge in [-0.25, -0.2) is 18.4 Å². The molecule has 2 aromatic heterocycles. The van der Waals surface area contributed by atoms with Crippen molar-refractivity contribution in [1.82, 2.24) is 15.0 Å². The van der Waals surface area contributed by atoms with Crippen LogP contribution in [0, 0.1) is 0 Å². The molecule has 0 aliphatic rings. The van der Waals surface area contributed by atoms with Gasteiger partial charge in [0.25, 0.3) is 5.88 Å². The molecule has 3 rings (SSSR count). The first-order chi connectivity index (χ1) is 14.3. The average molecular weight is 466 g/mol. The van der Waals surface area contributed by atoms with Crippen LogP contribution in [0.1, 0.15) is 11.7 Å². The van der Waals surface area contributed by atoms with Crippen LogP contribution in [0.5, 0.6) is 5.88 Å². The van der Waals surface area contributed by atoms with Crippen molar-refractivity contribution in [2.45, 2.75) is 18.5 Å². The molecule has 0 bridgehead atoms. The average Bonchev–Trinajstić information content (AvgIpc) is 2.63. The number of sulfonamides is 1. The highest BCUT2D eigenvalue weighted by Crippen LogP contribution is 2.38. The standard InChI is InChI=1S/C17H12F6N4O3S/c18-16(19,20)9-31(28,29)27-14-15(26-12-6-2-1-5-11(12)25-14)30-13(17(21,22)23)10-4-3-7-24-8-10/h1-8,13H,9H2,(H,25,27). The van der Waals surface area contributed by atoms with Gasteiger partial charge in [0.2, 0.25) is 21.9 Å². The van der Waals surface area contributed by atoms with Crippen molar-refractivity contribution in [2.24, 2.45) is 0 Å². The summed E-state index contributed by atoms with van der Waals surface area (Å²) in [4.78, 5) is 11.2. The molecule has 0 saturated heterocycles. The van der Waals surface area contributed by atoms with Crippen LogP contribution in [-0.4, -0.2) is 41.5 Å². The third-order valence-electron chi connectivity index (χ3n) is 3.66. The SMILES string of the molecule is O=S(=O)(CC(F)(F)F)Nc1nc2ccccc2nc1OC(c1cccnc1)C(F)(F)F. The number of hydrogen-bond donors (Lipinski definition) is 1. The number of halogens is 6. The van der Waals surface area contributed by atoms with Gasteiger partial charge < -0.3 is 4.74 Å². The topological polar surface area (TPSA) is 94.1 Å². The molecule has 1 N–H and O–H groups in total. The Hall–Kier alpha value is -3.16. The Morgan fingerprint density at radius 3 is 2.16 bits per heavy atom.